The van der Waals surface area contributed by atoms with Gasteiger partial charge in [0.1, 0.15) is 5.65 Å². The minimum atomic E-state index is -0.100. The van der Waals surface area contributed by atoms with Crippen LogP contribution in [0.3, 0.4) is 0 Å². The number of hydrogen-bond donors (Lipinski definition) is 1. The number of benzene rings is 1. The van der Waals surface area contributed by atoms with E-state index in [-0.39, 0.29) is 5.91 Å². The summed E-state index contributed by atoms with van der Waals surface area (Å²) in [4.78, 5) is 25.3. The Morgan fingerprint density at radius 1 is 1.10 bits per heavy atom. The number of anilines is 1. The Labute approximate surface area is 182 Å². The lowest BCUT2D eigenvalue weighted by Crippen LogP contribution is -2.39. The number of nitrogens with zero attached hydrogens (tertiary/aromatic N) is 4. The first-order valence-corrected chi connectivity index (χ1v) is 11.2. The van der Waals surface area contributed by atoms with Crippen molar-refractivity contribution in [2.24, 2.45) is 11.8 Å². The first kappa shape index (κ1) is 19.8. The zero-order chi connectivity index (χ0) is 21.7. The third-order valence-electron chi connectivity index (χ3n) is 6.24. The van der Waals surface area contributed by atoms with E-state index in [0.717, 1.165) is 46.5 Å². The molecule has 1 amide bonds. The van der Waals surface area contributed by atoms with Crippen LogP contribution < -0.4 is 10.2 Å². The molecule has 5 rings (SSSR count). The molecule has 160 valence electrons. The number of para-hydroxylation sites is 2. The number of imidazole rings is 1. The van der Waals surface area contributed by atoms with E-state index < -0.39 is 0 Å². The molecule has 0 saturated carbocycles. The van der Waals surface area contributed by atoms with E-state index in [1.54, 1.807) is 0 Å². The van der Waals surface area contributed by atoms with Gasteiger partial charge in [0, 0.05) is 36.4 Å². The fourth-order valence-electron chi connectivity index (χ4n) is 5.13. The van der Waals surface area contributed by atoms with Gasteiger partial charge in [-0.15, -0.1) is 0 Å². The Morgan fingerprint density at radius 2 is 1.84 bits per heavy atom. The number of amides is 1. The van der Waals surface area contributed by atoms with Gasteiger partial charge in [0.05, 0.1) is 16.6 Å². The minimum absolute atomic E-state index is 0.100. The van der Waals surface area contributed by atoms with Gasteiger partial charge in [0.2, 0.25) is 0 Å². The lowest BCUT2D eigenvalue weighted by atomic mass is 9.91. The molecular weight excluding hydrogens is 386 g/mol. The van der Waals surface area contributed by atoms with Gasteiger partial charge in [-0.1, -0.05) is 26.0 Å². The van der Waals surface area contributed by atoms with Crippen LogP contribution in [0, 0.1) is 18.8 Å². The third-order valence-corrected chi connectivity index (χ3v) is 6.24. The highest BCUT2D eigenvalue weighted by Crippen LogP contribution is 2.35. The lowest BCUT2D eigenvalue weighted by Gasteiger charge is -2.37. The van der Waals surface area contributed by atoms with E-state index in [0.29, 0.717) is 29.6 Å². The number of hydrogen-bond acceptors (Lipinski definition) is 4. The van der Waals surface area contributed by atoms with Crippen LogP contribution in [-0.4, -0.2) is 39.9 Å². The second-order valence-electron chi connectivity index (χ2n) is 9.05. The summed E-state index contributed by atoms with van der Waals surface area (Å²) < 4.78 is 2.06. The van der Waals surface area contributed by atoms with Gasteiger partial charge in [-0.25, -0.2) is 9.97 Å². The number of pyridine rings is 2. The van der Waals surface area contributed by atoms with Crippen molar-refractivity contribution in [3.8, 4) is 0 Å². The maximum Gasteiger partial charge on any atom is 0.255 e. The molecular formula is C25H29N5O. The number of carbonyl (C=O) groups excluding carboxylic acids is 1. The number of rotatable bonds is 3. The van der Waals surface area contributed by atoms with Crippen LogP contribution >= 0.6 is 0 Å². The largest absolute Gasteiger partial charge is 0.370 e. The summed E-state index contributed by atoms with van der Waals surface area (Å²) in [6.45, 7) is 11.2. The maximum absolute atomic E-state index is 13.0. The van der Waals surface area contributed by atoms with Crippen LogP contribution in [0.5, 0.6) is 0 Å². The average Bonchev–Trinajstić information content (AvgIpc) is 3.12. The van der Waals surface area contributed by atoms with Gasteiger partial charge in [-0.3, -0.25) is 9.20 Å². The van der Waals surface area contributed by atoms with E-state index in [9.17, 15) is 4.79 Å². The molecule has 4 heterocycles. The van der Waals surface area contributed by atoms with Crippen molar-refractivity contribution < 1.29 is 4.79 Å². The van der Waals surface area contributed by atoms with E-state index >= 15 is 0 Å². The molecule has 1 aliphatic heterocycles. The lowest BCUT2D eigenvalue weighted by molar-refractivity contribution is 0.0957. The summed E-state index contributed by atoms with van der Waals surface area (Å²) >= 11 is 0. The molecule has 0 aliphatic carbocycles. The van der Waals surface area contributed by atoms with Gasteiger partial charge in [-0.2, -0.15) is 0 Å². The molecule has 31 heavy (non-hydrogen) atoms. The zero-order valence-electron chi connectivity index (χ0n) is 18.6. The van der Waals surface area contributed by atoms with Gasteiger partial charge in [-0.05, 0) is 56.4 Å². The van der Waals surface area contributed by atoms with Crippen LogP contribution in [0.4, 0.5) is 5.69 Å². The molecule has 1 fully saturated rings. The smallest absolute Gasteiger partial charge is 0.255 e. The fraction of sp³-hybridized carbons (Fsp3) is 0.400. The molecule has 0 unspecified atom stereocenters. The number of fused-ring (bicyclic) bond motifs is 5. The first-order valence-electron chi connectivity index (χ1n) is 11.2. The van der Waals surface area contributed by atoms with Gasteiger partial charge >= 0.3 is 0 Å². The molecule has 6 nitrogen and oxygen atoms in total. The van der Waals surface area contributed by atoms with Crippen molar-refractivity contribution in [1.82, 2.24) is 19.7 Å². The summed E-state index contributed by atoms with van der Waals surface area (Å²) in [6.07, 6.45) is 1.25. The van der Waals surface area contributed by atoms with E-state index in [1.165, 1.54) is 6.42 Å². The van der Waals surface area contributed by atoms with Crippen LogP contribution in [0.2, 0.25) is 0 Å². The molecule has 1 aromatic carbocycles. The molecule has 6 heteroatoms. The molecule has 0 radical (unpaired) electrons. The first-order chi connectivity index (χ1) is 15.0. The number of aryl methyl sites for hydroxylation is 1. The SMILES string of the molecule is CCNC(=O)c1cc2c(N3C[C@H](C)C[C@H](C)C3)cc(C)nc2n2c1nc1ccccc12. The van der Waals surface area contributed by atoms with Crippen molar-refractivity contribution >= 4 is 39.3 Å². The molecule has 2 atom stereocenters. The molecule has 4 aromatic rings. The van der Waals surface area contributed by atoms with Gasteiger partial charge < -0.3 is 10.2 Å². The van der Waals surface area contributed by atoms with Crippen LogP contribution in [0.25, 0.3) is 27.7 Å². The van der Waals surface area contributed by atoms with Crippen LogP contribution in [0.15, 0.2) is 36.4 Å². The van der Waals surface area contributed by atoms with E-state index in [1.807, 2.05) is 44.2 Å². The summed E-state index contributed by atoms with van der Waals surface area (Å²) in [5.41, 5.74) is 6.07. The van der Waals surface area contributed by atoms with Crippen molar-refractivity contribution in [3.05, 3.63) is 47.7 Å². The van der Waals surface area contributed by atoms with Crippen molar-refractivity contribution in [3.63, 3.8) is 0 Å². The zero-order valence-corrected chi connectivity index (χ0v) is 18.6. The molecule has 0 bridgehead atoms. The van der Waals surface area contributed by atoms with Crippen molar-refractivity contribution in [2.45, 2.75) is 34.1 Å². The summed E-state index contributed by atoms with van der Waals surface area (Å²) in [5, 5.41) is 3.96. The van der Waals surface area contributed by atoms with Gasteiger partial charge in [0.25, 0.3) is 5.91 Å². The second kappa shape index (κ2) is 7.52. The second-order valence-corrected chi connectivity index (χ2v) is 9.05. The highest BCUT2D eigenvalue weighted by Gasteiger charge is 2.26. The molecule has 3 aromatic heterocycles. The van der Waals surface area contributed by atoms with Crippen LogP contribution in [0.1, 0.15) is 43.2 Å². The Hall–Kier alpha value is -3.15. The number of carbonyl (C=O) groups is 1. The molecule has 1 saturated heterocycles. The van der Waals surface area contributed by atoms with E-state index in [2.05, 4.69) is 34.5 Å². The van der Waals surface area contributed by atoms with E-state index in [4.69, 9.17) is 9.97 Å². The molecule has 1 aliphatic rings. The summed E-state index contributed by atoms with van der Waals surface area (Å²) in [5.74, 6) is 1.16. The standard InChI is InChI=1S/C25H29N5O/c1-5-26-25(31)19-12-18-22(29-13-15(2)10-16(3)14-29)11-17(4)27-23(18)30-21-9-7-6-8-20(21)28-24(19)30/h6-9,11-12,15-16H,5,10,13-14H2,1-4H3,(H,26,31)/t15-,16+. The van der Waals surface area contributed by atoms with Gasteiger partial charge in [0.15, 0.2) is 5.65 Å². The molecule has 1 N–H and O–H groups in total. The van der Waals surface area contributed by atoms with Crippen molar-refractivity contribution in [1.29, 1.82) is 0 Å². The average molecular weight is 416 g/mol. The topological polar surface area (TPSA) is 62.5 Å². The fourth-order valence-corrected chi connectivity index (χ4v) is 5.13. The number of piperidine rings is 1. The Morgan fingerprint density at radius 3 is 2.58 bits per heavy atom. The monoisotopic (exact) mass is 415 g/mol. The predicted octanol–water partition coefficient (Wildman–Crippen LogP) is 4.58. The minimum Gasteiger partial charge on any atom is -0.370 e. The number of aromatic nitrogens is 3. The molecule has 0 spiro atoms. The van der Waals surface area contributed by atoms with Crippen LogP contribution in [-0.2, 0) is 0 Å². The predicted molar refractivity (Wildman–Crippen MR) is 126 cm³/mol. The van der Waals surface area contributed by atoms with Crippen molar-refractivity contribution in [2.75, 3.05) is 24.5 Å². The normalized spacial score (nSPS) is 19.4. The highest BCUT2D eigenvalue weighted by atomic mass is 16.1. The Bertz CT molecular complexity index is 1300. The maximum atomic E-state index is 13.0. The highest BCUT2D eigenvalue weighted by molar-refractivity contribution is 6.07. The third kappa shape index (κ3) is 3.30. The summed E-state index contributed by atoms with van der Waals surface area (Å²) in [7, 11) is 0. The number of nitrogens with one attached hydrogen (secondary N) is 1. The Kier molecular flexibility index (Phi) is 4.80. The Balaban J connectivity index is 1.87. The summed E-state index contributed by atoms with van der Waals surface area (Å²) in [6, 6.07) is 12.2. The quantitative estimate of drug-likeness (QED) is 0.532.